The van der Waals surface area contributed by atoms with Crippen molar-refractivity contribution in [2.75, 3.05) is 20.6 Å². The normalized spacial score (nSPS) is 12.0. The molecule has 0 bridgehead atoms. The largest absolute Gasteiger partial charge is 0.345 e. The first kappa shape index (κ1) is 16.4. The number of nitrogens with zero attached hydrogens (tertiary/aromatic N) is 4. The Morgan fingerprint density at radius 2 is 1.86 bits per heavy atom. The topological polar surface area (TPSA) is 89.2 Å². The Morgan fingerprint density at radius 1 is 1.23 bits per heavy atom. The standard InChI is InChI=1S/C13H19N5O3S/c1-16(2)22(20,21)14-9-10-18-13(19)17(3)12(15-18)11-7-5-4-6-8-11/h4-8,14H,9-10H2,1-3H3. The van der Waals surface area contributed by atoms with E-state index in [-0.39, 0.29) is 18.8 Å². The van der Waals surface area contributed by atoms with Crippen molar-refractivity contribution in [3.8, 4) is 11.4 Å². The lowest BCUT2D eigenvalue weighted by molar-refractivity contribution is 0.495. The summed E-state index contributed by atoms with van der Waals surface area (Å²) in [5.41, 5.74) is 0.539. The Hall–Kier alpha value is -1.97. The lowest BCUT2D eigenvalue weighted by atomic mass is 10.2. The molecule has 0 aliphatic rings. The number of hydrogen-bond donors (Lipinski definition) is 1. The molecule has 2 rings (SSSR count). The lowest BCUT2D eigenvalue weighted by Crippen LogP contribution is -2.38. The van der Waals surface area contributed by atoms with Crippen LogP contribution in [-0.4, -0.2) is 47.7 Å². The van der Waals surface area contributed by atoms with Crippen molar-refractivity contribution >= 4 is 10.2 Å². The fourth-order valence-corrected chi connectivity index (χ4v) is 2.49. The van der Waals surface area contributed by atoms with Crippen molar-refractivity contribution in [1.82, 2.24) is 23.4 Å². The second kappa shape index (κ2) is 6.42. The lowest BCUT2D eigenvalue weighted by Gasteiger charge is -2.11. The minimum atomic E-state index is -3.50. The van der Waals surface area contributed by atoms with Crippen molar-refractivity contribution in [3.63, 3.8) is 0 Å². The molecule has 0 aliphatic carbocycles. The molecule has 0 saturated carbocycles. The van der Waals surface area contributed by atoms with Crippen LogP contribution < -0.4 is 10.4 Å². The summed E-state index contributed by atoms with van der Waals surface area (Å²) in [6.07, 6.45) is 0. The van der Waals surface area contributed by atoms with Crippen LogP contribution in [0.2, 0.25) is 0 Å². The molecule has 0 atom stereocenters. The first-order chi connectivity index (χ1) is 10.3. The first-order valence-electron chi connectivity index (χ1n) is 6.69. The molecule has 0 aliphatic heterocycles. The molecule has 1 aromatic carbocycles. The molecule has 0 saturated heterocycles. The molecular formula is C13H19N5O3S. The maximum Gasteiger partial charge on any atom is 0.345 e. The minimum Gasteiger partial charge on any atom is -0.278 e. The third-order valence-electron chi connectivity index (χ3n) is 3.16. The van der Waals surface area contributed by atoms with Crippen molar-refractivity contribution in [3.05, 3.63) is 40.8 Å². The zero-order valence-electron chi connectivity index (χ0n) is 12.7. The highest BCUT2D eigenvalue weighted by atomic mass is 32.2. The van der Waals surface area contributed by atoms with Crippen LogP contribution in [0, 0.1) is 0 Å². The molecule has 9 heteroatoms. The predicted molar refractivity (Wildman–Crippen MR) is 83.5 cm³/mol. The van der Waals surface area contributed by atoms with Crippen molar-refractivity contribution in [2.45, 2.75) is 6.54 Å². The summed E-state index contributed by atoms with van der Waals surface area (Å²) >= 11 is 0. The molecule has 0 fully saturated rings. The molecule has 1 heterocycles. The molecule has 2 aromatic rings. The maximum absolute atomic E-state index is 12.1. The summed E-state index contributed by atoms with van der Waals surface area (Å²) in [5.74, 6) is 0.543. The van der Waals surface area contributed by atoms with Crippen LogP contribution in [0.25, 0.3) is 11.4 Å². The monoisotopic (exact) mass is 325 g/mol. The summed E-state index contributed by atoms with van der Waals surface area (Å²) in [4.78, 5) is 12.1. The van der Waals surface area contributed by atoms with Gasteiger partial charge in [0.15, 0.2) is 5.82 Å². The molecule has 0 radical (unpaired) electrons. The molecule has 0 unspecified atom stereocenters. The van der Waals surface area contributed by atoms with E-state index in [1.807, 2.05) is 30.3 Å². The van der Waals surface area contributed by atoms with Gasteiger partial charge in [0.1, 0.15) is 0 Å². The summed E-state index contributed by atoms with van der Waals surface area (Å²) in [7, 11) is 1.00. The van der Waals surface area contributed by atoms with Gasteiger partial charge in [-0.15, -0.1) is 5.10 Å². The fourth-order valence-electron chi connectivity index (χ4n) is 1.88. The zero-order valence-corrected chi connectivity index (χ0v) is 13.5. The van der Waals surface area contributed by atoms with Gasteiger partial charge in [-0.3, -0.25) is 4.57 Å². The summed E-state index contributed by atoms with van der Waals surface area (Å²) in [6, 6.07) is 9.34. The van der Waals surface area contributed by atoms with Crippen LogP contribution in [0.3, 0.4) is 0 Å². The van der Waals surface area contributed by atoms with E-state index in [2.05, 4.69) is 9.82 Å². The third-order valence-corrected chi connectivity index (χ3v) is 4.69. The molecule has 22 heavy (non-hydrogen) atoms. The number of hydrogen-bond acceptors (Lipinski definition) is 4. The van der Waals surface area contributed by atoms with E-state index in [9.17, 15) is 13.2 Å². The third kappa shape index (κ3) is 3.43. The number of rotatable bonds is 6. The Balaban J connectivity index is 2.16. The van der Waals surface area contributed by atoms with Gasteiger partial charge in [0.25, 0.3) is 10.2 Å². The molecule has 120 valence electrons. The van der Waals surface area contributed by atoms with Gasteiger partial charge in [-0.05, 0) is 0 Å². The Bertz CT molecular complexity index is 793. The van der Waals surface area contributed by atoms with Crippen LogP contribution in [0.4, 0.5) is 0 Å². The maximum atomic E-state index is 12.1. The van der Waals surface area contributed by atoms with Gasteiger partial charge in [-0.2, -0.15) is 12.7 Å². The second-order valence-electron chi connectivity index (χ2n) is 4.94. The molecule has 0 spiro atoms. The number of nitrogens with one attached hydrogen (secondary N) is 1. The average molecular weight is 325 g/mol. The average Bonchev–Trinajstić information content (AvgIpc) is 2.76. The van der Waals surface area contributed by atoms with Crippen LogP contribution >= 0.6 is 0 Å². The predicted octanol–water partition coefficient (Wildman–Crippen LogP) is -0.355. The minimum absolute atomic E-state index is 0.0890. The quantitative estimate of drug-likeness (QED) is 0.786. The molecule has 1 N–H and O–H groups in total. The van der Waals surface area contributed by atoms with E-state index in [0.717, 1.165) is 9.87 Å². The summed E-state index contributed by atoms with van der Waals surface area (Å²) < 4.78 is 29.4. The van der Waals surface area contributed by atoms with E-state index in [4.69, 9.17) is 0 Å². The van der Waals surface area contributed by atoms with Crippen molar-refractivity contribution in [1.29, 1.82) is 0 Å². The SMILES string of the molecule is CN(C)S(=O)(=O)NCCn1nc(-c2ccccc2)n(C)c1=O. The van der Waals surface area contributed by atoms with Gasteiger partial charge in [0.2, 0.25) is 0 Å². The first-order valence-corrected chi connectivity index (χ1v) is 8.13. The Kier molecular flexibility index (Phi) is 4.79. The van der Waals surface area contributed by atoms with Crippen LogP contribution in [0.1, 0.15) is 0 Å². The van der Waals surface area contributed by atoms with E-state index >= 15 is 0 Å². The van der Waals surface area contributed by atoms with Gasteiger partial charge in [0, 0.05) is 33.3 Å². The van der Waals surface area contributed by atoms with E-state index < -0.39 is 10.2 Å². The van der Waals surface area contributed by atoms with Gasteiger partial charge in [0.05, 0.1) is 6.54 Å². The van der Waals surface area contributed by atoms with Gasteiger partial charge >= 0.3 is 5.69 Å². The smallest absolute Gasteiger partial charge is 0.278 e. The molecular weight excluding hydrogens is 306 g/mol. The Labute approximate surface area is 129 Å². The van der Waals surface area contributed by atoms with Crippen LogP contribution in [0.15, 0.2) is 35.1 Å². The highest BCUT2D eigenvalue weighted by Crippen LogP contribution is 2.13. The number of aromatic nitrogens is 3. The van der Waals surface area contributed by atoms with Gasteiger partial charge in [-0.1, -0.05) is 30.3 Å². The highest BCUT2D eigenvalue weighted by Gasteiger charge is 2.14. The van der Waals surface area contributed by atoms with E-state index in [1.54, 1.807) is 7.05 Å². The van der Waals surface area contributed by atoms with E-state index in [0.29, 0.717) is 5.82 Å². The van der Waals surface area contributed by atoms with Gasteiger partial charge < -0.3 is 0 Å². The van der Waals surface area contributed by atoms with E-state index in [1.165, 1.54) is 23.3 Å². The molecule has 0 amide bonds. The van der Waals surface area contributed by atoms with Crippen LogP contribution in [-0.2, 0) is 23.8 Å². The highest BCUT2D eigenvalue weighted by molar-refractivity contribution is 7.87. The summed E-state index contributed by atoms with van der Waals surface area (Å²) in [6.45, 7) is 0.248. The molecule has 8 nitrogen and oxygen atoms in total. The van der Waals surface area contributed by atoms with Crippen molar-refractivity contribution in [2.24, 2.45) is 7.05 Å². The zero-order chi connectivity index (χ0) is 16.3. The second-order valence-corrected chi connectivity index (χ2v) is 6.91. The van der Waals surface area contributed by atoms with Crippen LogP contribution in [0.5, 0.6) is 0 Å². The number of benzene rings is 1. The Morgan fingerprint density at radius 3 is 2.45 bits per heavy atom. The van der Waals surface area contributed by atoms with Crippen molar-refractivity contribution < 1.29 is 8.42 Å². The fraction of sp³-hybridized carbons (Fsp3) is 0.385. The van der Waals surface area contributed by atoms with Gasteiger partial charge in [-0.25, -0.2) is 14.2 Å². The molecule has 1 aromatic heterocycles. The summed E-state index contributed by atoms with van der Waals surface area (Å²) in [5, 5.41) is 4.26.